The molecular weight excluding hydrogens is 191 g/mol. The Labute approximate surface area is 90.7 Å². The summed E-state index contributed by atoms with van der Waals surface area (Å²) in [4.78, 5) is 0. The minimum absolute atomic E-state index is 0.142. The zero-order chi connectivity index (χ0) is 11.3. The number of hydrogen-bond acceptors (Lipinski definition) is 2. The van der Waals surface area contributed by atoms with Gasteiger partial charge in [-0.3, -0.25) is 0 Å². The third-order valence-corrected chi connectivity index (χ3v) is 2.19. The summed E-state index contributed by atoms with van der Waals surface area (Å²) in [7, 11) is 0. The van der Waals surface area contributed by atoms with Gasteiger partial charge in [0.2, 0.25) is 0 Å². The molecule has 0 aliphatic heterocycles. The van der Waals surface area contributed by atoms with Gasteiger partial charge in [0.1, 0.15) is 5.82 Å². The summed E-state index contributed by atoms with van der Waals surface area (Å²) in [5.41, 5.74) is 6.26. The molecular formula is C12H19FN2. The van der Waals surface area contributed by atoms with E-state index in [1.807, 2.05) is 19.9 Å². The van der Waals surface area contributed by atoms with Crippen molar-refractivity contribution in [3.8, 4) is 0 Å². The van der Waals surface area contributed by atoms with E-state index >= 15 is 0 Å². The van der Waals surface area contributed by atoms with E-state index < -0.39 is 0 Å². The van der Waals surface area contributed by atoms with Crippen LogP contribution in [-0.4, -0.2) is 12.1 Å². The molecule has 0 fully saturated rings. The highest BCUT2D eigenvalue weighted by atomic mass is 19.1. The minimum atomic E-state index is -0.204. The van der Waals surface area contributed by atoms with E-state index in [4.69, 9.17) is 5.73 Å². The second kappa shape index (κ2) is 5.12. The van der Waals surface area contributed by atoms with Gasteiger partial charge in [-0.05, 0) is 38.8 Å². The number of halogens is 1. The maximum Gasteiger partial charge on any atom is 0.146 e. The van der Waals surface area contributed by atoms with Crippen LogP contribution in [0.1, 0.15) is 26.7 Å². The van der Waals surface area contributed by atoms with E-state index in [9.17, 15) is 4.39 Å². The molecule has 1 rings (SSSR count). The Hall–Kier alpha value is -1.09. The van der Waals surface area contributed by atoms with Crippen molar-refractivity contribution in [1.82, 2.24) is 0 Å². The fourth-order valence-electron chi connectivity index (χ4n) is 1.37. The molecule has 1 aromatic rings. The third kappa shape index (κ3) is 4.79. The van der Waals surface area contributed by atoms with Crippen molar-refractivity contribution in [1.29, 1.82) is 0 Å². The molecule has 84 valence electrons. The van der Waals surface area contributed by atoms with Gasteiger partial charge in [0.25, 0.3) is 0 Å². The van der Waals surface area contributed by atoms with Crippen LogP contribution in [0.3, 0.4) is 0 Å². The first-order valence-corrected chi connectivity index (χ1v) is 5.26. The quantitative estimate of drug-likeness (QED) is 0.733. The molecule has 15 heavy (non-hydrogen) atoms. The molecule has 0 amide bonds. The van der Waals surface area contributed by atoms with Gasteiger partial charge < -0.3 is 11.1 Å². The number of nitrogens with one attached hydrogen (secondary N) is 1. The lowest BCUT2D eigenvalue weighted by Crippen LogP contribution is -2.32. The van der Waals surface area contributed by atoms with Crippen molar-refractivity contribution in [2.75, 3.05) is 11.9 Å². The molecule has 0 radical (unpaired) electrons. The van der Waals surface area contributed by atoms with Crippen molar-refractivity contribution in [3.05, 3.63) is 30.1 Å². The van der Waals surface area contributed by atoms with E-state index in [1.165, 1.54) is 6.07 Å². The summed E-state index contributed by atoms with van der Waals surface area (Å²) < 4.78 is 13.2. The van der Waals surface area contributed by atoms with Crippen LogP contribution < -0.4 is 11.1 Å². The first-order valence-electron chi connectivity index (χ1n) is 5.26. The molecule has 0 atom stereocenters. The van der Waals surface area contributed by atoms with Gasteiger partial charge in [0.05, 0.1) is 5.69 Å². The zero-order valence-corrected chi connectivity index (χ0v) is 9.39. The SMILES string of the molecule is CC(C)(N)CCCNc1ccccc1F. The Balaban J connectivity index is 2.30. The number of benzene rings is 1. The fourth-order valence-corrected chi connectivity index (χ4v) is 1.37. The van der Waals surface area contributed by atoms with Gasteiger partial charge in [-0.2, -0.15) is 0 Å². The second-order valence-corrected chi connectivity index (χ2v) is 4.50. The van der Waals surface area contributed by atoms with Crippen LogP contribution in [-0.2, 0) is 0 Å². The number of nitrogens with two attached hydrogens (primary N) is 1. The van der Waals surface area contributed by atoms with E-state index in [1.54, 1.807) is 12.1 Å². The molecule has 0 aliphatic carbocycles. The van der Waals surface area contributed by atoms with Crippen LogP contribution >= 0.6 is 0 Å². The van der Waals surface area contributed by atoms with E-state index in [0.29, 0.717) is 5.69 Å². The first-order chi connectivity index (χ1) is 6.99. The molecule has 0 saturated heterocycles. The highest BCUT2D eigenvalue weighted by molar-refractivity contribution is 5.44. The normalized spacial score (nSPS) is 11.5. The van der Waals surface area contributed by atoms with Gasteiger partial charge in [0.15, 0.2) is 0 Å². The second-order valence-electron chi connectivity index (χ2n) is 4.50. The van der Waals surface area contributed by atoms with Crippen LogP contribution in [0.5, 0.6) is 0 Å². The van der Waals surface area contributed by atoms with Gasteiger partial charge in [-0.1, -0.05) is 12.1 Å². The van der Waals surface area contributed by atoms with Crippen molar-refractivity contribution in [3.63, 3.8) is 0 Å². The standard InChI is InChI=1S/C12H19FN2/c1-12(2,14)8-5-9-15-11-7-4-3-6-10(11)13/h3-4,6-7,15H,5,8-9,14H2,1-2H3. The smallest absolute Gasteiger partial charge is 0.146 e. The summed E-state index contributed by atoms with van der Waals surface area (Å²) in [6.07, 6.45) is 1.87. The lowest BCUT2D eigenvalue weighted by molar-refractivity contribution is 0.465. The molecule has 1 aromatic carbocycles. The lowest BCUT2D eigenvalue weighted by atomic mass is 10.0. The molecule has 0 spiro atoms. The number of rotatable bonds is 5. The maximum atomic E-state index is 13.2. The van der Waals surface area contributed by atoms with E-state index in [0.717, 1.165) is 19.4 Å². The summed E-state index contributed by atoms with van der Waals surface area (Å²) in [5, 5.41) is 3.05. The minimum Gasteiger partial charge on any atom is -0.383 e. The van der Waals surface area contributed by atoms with Crippen molar-refractivity contribution in [2.24, 2.45) is 5.73 Å². The number of anilines is 1. The Morgan fingerprint density at radius 1 is 1.33 bits per heavy atom. The molecule has 0 heterocycles. The number of para-hydroxylation sites is 1. The Kier molecular flexibility index (Phi) is 4.09. The first kappa shape index (κ1) is 12.0. The van der Waals surface area contributed by atoms with Crippen LogP contribution in [0.15, 0.2) is 24.3 Å². The molecule has 0 saturated carbocycles. The topological polar surface area (TPSA) is 38.0 Å². The van der Waals surface area contributed by atoms with E-state index in [2.05, 4.69) is 5.32 Å². The molecule has 0 bridgehead atoms. The third-order valence-electron chi connectivity index (χ3n) is 2.19. The number of hydrogen-bond donors (Lipinski definition) is 2. The highest BCUT2D eigenvalue weighted by Crippen LogP contribution is 2.13. The summed E-state index contributed by atoms with van der Waals surface area (Å²) in [5.74, 6) is -0.204. The molecule has 3 N–H and O–H groups in total. The van der Waals surface area contributed by atoms with Crippen molar-refractivity contribution < 1.29 is 4.39 Å². The Morgan fingerprint density at radius 3 is 2.60 bits per heavy atom. The molecule has 0 aliphatic rings. The van der Waals surface area contributed by atoms with Crippen molar-refractivity contribution in [2.45, 2.75) is 32.2 Å². The fraction of sp³-hybridized carbons (Fsp3) is 0.500. The molecule has 2 nitrogen and oxygen atoms in total. The summed E-state index contributed by atoms with van der Waals surface area (Å²) >= 11 is 0. The molecule has 3 heteroatoms. The summed E-state index contributed by atoms with van der Waals surface area (Å²) in [6.45, 7) is 4.74. The molecule has 0 unspecified atom stereocenters. The van der Waals surface area contributed by atoms with Crippen LogP contribution in [0.2, 0.25) is 0 Å². The average molecular weight is 210 g/mol. The van der Waals surface area contributed by atoms with Crippen LogP contribution in [0.25, 0.3) is 0 Å². The van der Waals surface area contributed by atoms with Crippen LogP contribution in [0.4, 0.5) is 10.1 Å². The monoisotopic (exact) mass is 210 g/mol. The van der Waals surface area contributed by atoms with Crippen molar-refractivity contribution >= 4 is 5.69 Å². The molecule has 0 aromatic heterocycles. The maximum absolute atomic E-state index is 13.2. The largest absolute Gasteiger partial charge is 0.383 e. The zero-order valence-electron chi connectivity index (χ0n) is 9.39. The Bertz CT molecular complexity index is 305. The Morgan fingerprint density at radius 2 is 2.00 bits per heavy atom. The van der Waals surface area contributed by atoms with Crippen LogP contribution in [0, 0.1) is 5.82 Å². The predicted molar refractivity (Wildman–Crippen MR) is 62.4 cm³/mol. The highest BCUT2D eigenvalue weighted by Gasteiger charge is 2.09. The van der Waals surface area contributed by atoms with Gasteiger partial charge in [-0.25, -0.2) is 4.39 Å². The summed E-state index contributed by atoms with van der Waals surface area (Å²) in [6, 6.07) is 6.69. The predicted octanol–water partition coefficient (Wildman–Crippen LogP) is 2.76. The van der Waals surface area contributed by atoms with E-state index in [-0.39, 0.29) is 11.4 Å². The van der Waals surface area contributed by atoms with Gasteiger partial charge >= 0.3 is 0 Å². The lowest BCUT2D eigenvalue weighted by Gasteiger charge is -2.18. The van der Waals surface area contributed by atoms with Gasteiger partial charge in [0, 0.05) is 12.1 Å². The average Bonchev–Trinajstić information content (AvgIpc) is 2.13. The van der Waals surface area contributed by atoms with Gasteiger partial charge in [-0.15, -0.1) is 0 Å².